The number of imidazole rings is 1. The van der Waals surface area contributed by atoms with Gasteiger partial charge in [0.25, 0.3) is 5.91 Å². The number of nitrogens with zero attached hydrogens (tertiary/aromatic N) is 3. The van der Waals surface area contributed by atoms with Gasteiger partial charge in [-0.25, -0.2) is 10.4 Å². The van der Waals surface area contributed by atoms with E-state index < -0.39 is 0 Å². The van der Waals surface area contributed by atoms with E-state index in [1.54, 1.807) is 18.2 Å². The summed E-state index contributed by atoms with van der Waals surface area (Å²) in [5.41, 5.74) is 5.69. The molecular weight excluding hydrogens is 460 g/mol. The number of halogens is 1. The number of carbonyl (C=O) groups is 1. The van der Waals surface area contributed by atoms with Crippen LogP contribution in [0, 0.1) is 0 Å². The molecule has 0 bridgehead atoms. The Kier molecular flexibility index (Phi) is 7.16. The Morgan fingerprint density at radius 3 is 2.79 bits per heavy atom. The van der Waals surface area contributed by atoms with Crippen molar-refractivity contribution in [1.82, 2.24) is 15.0 Å². The number of phenols is 1. The molecule has 3 aromatic carbocycles. The maximum absolute atomic E-state index is 12.4. The molecule has 9 heteroatoms. The molecule has 1 heterocycles. The van der Waals surface area contributed by atoms with Crippen LogP contribution in [0.25, 0.3) is 11.0 Å². The van der Waals surface area contributed by atoms with Gasteiger partial charge < -0.3 is 14.4 Å². The lowest BCUT2D eigenvalue weighted by atomic mass is 10.2. The second-order valence-electron chi connectivity index (χ2n) is 7.04. The molecule has 0 spiro atoms. The predicted octanol–water partition coefficient (Wildman–Crippen LogP) is 4.69. The van der Waals surface area contributed by atoms with Gasteiger partial charge in [0, 0.05) is 10.6 Å². The third-order valence-corrected chi connectivity index (χ3v) is 6.23. The van der Waals surface area contributed by atoms with Gasteiger partial charge in [-0.1, -0.05) is 59.8 Å². The van der Waals surface area contributed by atoms with Crippen LogP contribution in [-0.2, 0) is 11.3 Å². The van der Waals surface area contributed by atoms with Crippen molar-refractivity contribution in [3.8, 4) is 11.5 Å². The van der Waals surface area contributed by atoms with E-state index in [-0.39, 0.29) is 17.4 Å². The van der Waals surface area contributed by atoms with Crippen LogP contribution in [0.5, 0.6) is 11.5 Å². The summed E-state index contributed by atoms with van der Waals surface area (Å²) in [6, 6.07) is 20.5. The molecule has 1 aromatic heterocycles. The molecule has 4 aromatic rings. The maximum atomic E-state index is 12.4. The van der Waals surface area contributed by atoms with Crippen LogP contribution in [0.2, 0.25) is 5.02 Å². The lowest BCUT2D eigenvalue weighted by molar-refractivity contribution is -0.118. The van der Waals surface area contributed by atoms with Crippen LogP contribution in [-0.4, -0.2) is 39.6 Å². The first kappa shape index (κ1) is 22.7. The van der Waals surface area contributed by atoms with Crippen LogP contribution >= 0.6 is 23.4 Å². The van der Waals surface area contributed by atoms with Gasteiger partial charge in [-0.3, -0.25) is 4.79 Å². The number of phenolic OH excluding ortho intramolecular Hbond substituents is 1. The highest BCUT2D eigenvalue weighted by atomic mass is 35.5. The number of methoxy groups -OCH3 is 1. The summed E-state index contributed by atoms with van der Waals surface area (Å²) in [4.78, 5) is 17.0. The Labute approximate surface area is 200 Å². The molecule has 0 aliphatic rings. The van der Waals surface area contributed by atoms with Crippen molar-refractivity contribution < 1.29 is 14.6 Å². The van der Waals surface area contributed by atoms with Gasteiger partial charge >= 0.3 is 0 Å². The molecule has 0 radical (unpaired) electrons. The lowest BCUT2D eigenvalue weighted by Gasteiger charge is -2.10. The zero-order valence-electron chi connectivity index (χ0n) is 17.7. The minimum Gasteiger partial charge on any atom is -0.504 e. The molecule has 0 aliphatic heterocycles. The SMILES string of the molecule is COc1cccc(/C=N/NC(=O)CSc2nc3ccccc3n2Cc2ccccc2Cl)c1O. The summed E-state index contributed by atoms with van der Waals surface area (Å²) >= 11 is 7.68. The molecule has 4 rings (SSSR count). The Morgan fingerprint density at radius 2 is 1.97 bits per heavy atom. The van der Waals surface area contributed by atoms with Gasteiger partial charge in [0.1, 0.15) is 0 Å². The van der Waals surface area contributed by atoms with Crippen LogP contribution in [0.1, 0.15) is 11.1 Å². The molecule has 0 saturated carbocycles. The largest absolute Gasteiger partial charge is 0.504 e. The average Bonchev–Trinajstić information content (AvgIpc) is 3.17. The minimum absolute atomic E-state index is 0.0411. The number of rotatable bonds is 8. The monoisotopic (exact) mass is 480 g/mol. The Hall–Kier alpha value is -3.49. The number of benzene rings is 3. The first-order valence-electron chi connectivity index (χ1n) is 10.1. The number of amides is 1. The number of fused-ring (bicyclic) bond motifs is 1. The number of hydrogen-bond donors (Lipinski definition) is 2. The molecule has 0 atom stereocenters. The van der Waals surface area contributed by atoms with Crippen LogP contribution in [0.4, 0.5) is 0 Å². The third kappa shape index (κ3) is 5.30. The highest BCUT2D eigenvalue weighted by molar-refractivity contribution is 7.99. The van der Waals surface area contributed by atoms with Crippen molar-refractivity contribution in [3.63, 3.8) is 0 Å². The van der Waals surface area contributed by atoms with Crippen molar-refractivity contribution in [3.05, 3.63) is 82.9 Å². The van der Waals surface area contributed by atoms with Gasteiger partial charge in [0.15, 0.2) is 16.7 Å². The summed E-state index contributed by atoms with van der Waals surface area (Å²) in [6.45, 7) is 0.539. The fourth-order valence-corrected chi connectivity index (χ4v) is 4.26. The topological polar surface area (TPSA) is 88.7 Å². The molecule has 0 saturated heterocycles. The maximum Gasteiger partial charge on any atom is 0.250 e. The number of nitrogens with one attached hydrogen (secondary N) is 1. The summed E-state index contributed by atoms with van der Waals surface area (Å²) in [7, 11) is 1.47. The number of carbonyl (C=O) groups excluding carboxylic acids is 1. The van der Waals surface area contributed by atoms with Gasteiger partial charge in [-0.05, 0) is 35.9 Å². The lowest BCUT2D eigenvalue weighted by Crippen LogP contribution is -2.20. The summed E-state index contributed by atoms with van der Waals surface area (Å²) < 4.78 is 7.11. The molecule has 2 N–H and O–H groups in total. The van der Waals surface area contributed by atoms with Crippen LogP contribution < -0.4 is 10.2 Å². The summed E-state index contributed by atoms with van der Waals surface area (Å²) in [6.07, 6.45) is 1.37. The number of hydrogen-bond acceptors (Lipinski definition) is 6. The fraction of sp³-hybridized carbons (Fsp3) is 0.125. The smallest absolute Gasteiger partial charge is 0.250 e. The van der Waals surface area contributed by atoms with E-state index in [9.17, 15) is 9.90 Å². The number of aromatic nitrogens is 2. The average molecular weight is 481 g/mol. The van der Waals surface area contributed by atoms with Gasteiger partial charge in [0.05, 0.1) is 36.7 Å². The number of para-hydroxylation sites is 3. The second-order valence-corrected chi connectivity index (χ2v) is 8.39. The third-order valence-electron chi connectivity index (χ3n) is 4.88. The van der Waals surface area contributed by atoms with E-state index in [2.05, 4.69) is 15.5 Å². The highest BCUT2D eigenvalue weighted by Crippen LogP contribution is 2.28. The van der Waals surface area contributed by atoms with Crippen molar-refractivity contribution in [2.75, 3.05) is 12.9 Å². The van der Waals surface area contributed by atoms with E-state index in [1.807, 2.05) is 53.1 Å². The van der Waals surface area contributed by atoms with Crippen LogP contribution in [0.15, 0.2) is 77.0 Å². The quantitative estimate of drug-likeness (QED) is 0.217. The Morgan fingerprint density at radius 1 is 1.18 bits per heavy atom. The number of thioether (sulfide) groups is 1. The number of ether oxygens (including phenoxy) is 1. The summed E-state index contributed by atoms with van der Waals surface area (Å²) in [5, 5.41) is 15.4. The van der Waals surface area contributed by atoms with E-state index in [0.717, 1.165) is 16.6 Å². The molecule has 0 unspecified atom stereocenters. The fourth-order valence-electron chi connectivity index (χ4n) is 3.26. The molecule has 1 amide bonds. The predicted molar refractivity (Wildman–Crippen MR) is 131 cm³/mol. The Bertz CT molecular complexity index is 1320. The zero-order chi connectivity index (χ0) is 23.2. The zero-order valence-corrected chi connectivity index (χ0v) is 19.3. The normalized spacial score (nSPS) is 11.2. The standard InChI is InChI=1S/C24H21ClN4O3S/c1-32-21-12-6-8-16(23(21)31)13-26-28-22(30)15-33-24-27-19-10-4-5-11-20(19)29(24)14-17-7-2-3-9-18(17)25/h2-13,31H,14-15H2,1H3,(H,28,30)/b26-13+. The first-order chi connectivity index (χ1) is 16.1. The highest BCUT2D eigenvalue weighted by Gasteiger charge is 2.14. The van der Waals surface area contributed by atoms with E-state index in [0.29, 0.717) is 28.0 Å². The van der Waals surface area contributed by atoms with Gasteiger partial charge in [-0.15, -0.1) is 0 Å². The van der Waals surface area contributed by atoms with Crippen molar-refractivity contribution in [2.45, 2.75) is 11.7 Å². The van der Waals surface area contributed by atoms with E-state index in [4.69, 9.17) is 16.3 Å². The molecule has 0 fully saturated rings. The summed E-state index contributed by atoms with van der Waals surface area (Å²) in [5.74, 6) is 0.113. The van der Waals surface area contributed by atoms with Crippen molar-refractivity contribution >= 4 is 46.5 Å². The minimum atomic E-state index is -0.296. The molecule has 168 valence electrons. The van der Waals surface area contributed by atoms with E-state index >= 15 is 0 Å². The van der Waals surface area contributed by atoms with Crippen molar-refractivity contribution in [1.29, 1.82) is 0 Å². The second kappa shape index (κ2) is 10.4. The van der Waals surface area contributed by atoms with Crippen molar-refractivity contribution in [2.24, 2.45) is 5.10 Å². The van der Waals surface area contributed by atoms with Gasteiger partial charge in [-0.2, -0.15) is 5.10 Å². The Balaban J connectivity index is 1.46. The first-order valence-corrected chi connectivity index (χ1v) is 11.4. The molecule has 33 heavy (non-hydrogen) atoms. The molecular formula is C24H21ClN4O3S. The van der Waals surface area contributed by atoms with Crippen LogP contribution in [0.3, 0.4) is 0 Å². The number of hydrazone groups is 1. The molecule has 0 aliphatic carbocycles. The van der Waals surface area contributed by atoms with Gasteiger partial charge in [0.2, 0.25) is 0 Å². The van der Waals surface area contributed by atoms with E-state index in [1.165, 1.54) is 25.1 Å². The molecule has 7 nitrogen and oxygen atoms in total. The number of aromatic hydroxyl groups is 1.